The molecule has 1 amide bonds. The number of oxime groups is 1. The molecule has 0 radical (unpaired) electrons. The highest BCUT2D eigenvalue weighted by Gasteiger charge is 2.59. The molecule has 6 nitrogen and oxygen atoms in total. The summed E-state index contributed by atoms with van der Waals surface area (Å²) in [5.74, 6) is 2.83. The molecular weight excluding hydrogens is 402 g/mol. The smallest absolute Gasteiger partial charge is 0.318 e. The van der Waals surface area contributed by atoms with Crippen LogP contribution in [0.2, 0.25) is 0 Å². The molecule has 0 aromatic heterocycles. The molecular formula is C26H41N3O3. The third-order valence-corrected chi connectivity index (χ3v) is 9.57. The van der Waals surface area contributed by atoms with Gasteiger partial charge in [-0.05, 0) is 101 Å². The van der Waals surface area contributed by atoms with Crippen LogP contribution in [-0.2, 0) is 9.63 Å². The van der Waals surface area contributed by atoms with Crippen LogP contribution < -0.4 is 5.32 Å². The summed E-state index contributed by atoms with van der Waals surface area (Å²) in [6.45, 7) is 8.25. The topological polar surface area (TPSA) is 71.0 Å². The Bertz CT molecular complexity index is 819. The summed E-state index contributed by atoms with van der Waals surface area (Å²) in [5.41, 5.74) is 2.83. The van der Waals surface area contributed by atoms with Crippen LogP contribution in [0.4, 0.5) is 4.79 Å². The SMILES string of the molecule is C/C(=N\OC(=O)NCCN(C)C)[C@H]1CC[C@H]2[C@@H]3CCC4=CC(=O)CC[C@]4(C)[C@H]3CC[C@]12C. The molecule has 178 valence electrons. The molecule has 0 spiro atoms. The summed E-state index contributed by atoms with van der Waals surface area (Å²) in [6, 6.07) is 0. The first kappa shape index (κ1) is 23.5. The van der Waals surface area contributed by atoms with Gasteiger partial charge >= 0.3 is 6.09 Å². The van der Waals surface area contributed by atoms with E-state index >= 15 is 0 Å². The van der Waals surface area contributed by atoms with E-state index < -0.39 is 6.09 Å². The highest BCUT2D eigenvalue weighted by atomic mass is 16.7. The van der Waals surface area contributed by atoms with Crippen molar-refractivity contribution in [2.75, 3.05) is 27.2 Å². The van der Waals surface area contributed by atoms with Crippen molar-refractivity contribution in [3.63, 3.8) is 0 Å². The van der Waals surface area contributed by atoms with Crippen molar-refractivity contribution in [3.8, 4) is 0 Å². The standard InChI is InChI=1S/C26H41N3O3/c1-17(28-32-24(31)27-14-15-29(4)5)21-8-9-22-20-7-6-18-16-19(30)10-12-25(18,2)23(20)11-13-26(21,22)3/h16,20-23H,6-15H2,1-5H3,(H,27,31)/b28-17+/t20-,21+,22-,23-,25-,26+/m0/s1. The van der Waals surface area contributed by atoms with Crippen LogP contribution in [0.5, 0.6) is 0 Å². The Morgan fingerprint density at radius 3 is 2.69 bits per heavy atom. The molecule has 0 heterocycles. The van der Waals surface area contributed by atoms with Crippen LogP contribution in [0.3, 0.4) is 0 Å². The quantitative estimate of drug-likeness (QED) is 0.376. The van der Waals surface area contributed by atoms with E-state index in [4.69, 9.17) is 4.84 Å². The number of ketones is 1. The number of allylic oxidation sites excluding steroid dienone is 1. The summed E-state index contributed by atoms with van der Waals surface area (Å²) < 4.78 is 0. The van der Waals surface area contributed by atoms with E-state index in [1.807, 2.05) is 32.0 Å². The number of carbonyl (C=O) groups excluding carboxylic acids is 2. The van der Waals surface area contributed by atoms with Crippen LogP contribution in [0.1, 0.15) is 72.1 Å². The summed E-state index contributed by atoms with van der Waals surface area (Å²) in [4.78, 5) is 31.3. The van der Waals surface area contributed by atoms with Crippen LogP contribution in [0, 0.1) is 34.5 Å². The van der Waals surface area contributed by atoms with Crippen molar-refractivity contribution >= 4 is 17.6 Å². The van der Waals surface area contributed by atoms with E-state index in [0.717, 1.165) is 37.4 Å². The van der Waals surface area contributed by atoms with Crippen LogP contribution in [0.15, 0.2) is 16.8 Å². The first-order chi connectivity index (χ1) is 15.1. The minimum Gasteiger partial charge on any atom is -0.318 e. The van der Waals surface area contributed by atoms with Crippen LogP contribution in [0.25, 0.3) is 0 Å². The fraction of sp³-hybridized carbons (Fsp3) is 0.808. The lowest BCUT2D eigenvalue weighted by Gasteiger charge is -2.58. The number of likely N-dealkylation sites (N-methyl/N-ethyl adjacent to an activating group) is 1. The van der Waals surface area contributed by atoms with E-state index in [-0.39, 0.29) is 10.8 Å². The summed E-state index contributed by atoms with van der Waals surface area (Å²) in [6.07, 6.45) is 10.4. The van der Waals surface area contributed by atoms with E-state index in [0.29, 0.717) is 36.5 Å². The molecule has 0 saturated heterocycles. The first-order valence-electron chi connectivity index (χ1n) is 12.5. The second-order valence-electron chi connectivity index (χ2n) is 11.5. The normalized spacial score (nSPS) is 39.1. The summed E-state index contributed by atoms with van der Waals surface area (Å²) >= 11 is 0. The summed E-state index contributed by atoms with van der Waals surface area (Å²) in [5, 5.41) is 7.03. The highest BCUT2D eigenvalue weighted by Crippen LogP contribution is 2.66. The minimum atomic E-state index is -0.471. The van der Waals surface area contributed by atoms with Gasteiger partial charge in [-0.25, -0.2) is 4.79 Å². The summed E-state index contributed by atoms with van der Waals surface area (Å²) in [7, 11) is 3.94. The van der Waals surface area contributed by atoms with Gasteiger partial charge in [0.15, 0.2) is 5.78 Å². The number of hydrogen-bond acceptors (Lipinski definition) is 5. The zero-order valence-electron chi connectivity index (χ0n) is 20.6. The van der Waals surface area contributed by atoms with Gasteiger partial charge in [-0.3, -0.25) is 9.63 Å². The zero-order chi connectivity index (χ0) is 23.1. The van der Waals surface area contributed by atoms with Gasteiger partial charge in [0.05, 0.1) is 5.71 Å². The lowest BCUT2D eigenvalue weighted by atomic mass is 9.46. The fourth-order valence-corrected chi connectivity index (χ4v) is 7.84. The van der Waals surface area contributed by atoms with E-state index in [9.17, 15) is 9.59 Å². The van der Waals surface area contributed by atoms with Gasteiger partial charge in [0.25, 0.3) is 0 Å². The Hall–Kier alpha value is -1.69. The molecule has 0 aliphatic heterocycles. The van der Waals surface area contributed by atoms with Gasteiger partial charge in [-0.1, -0.05) is 24.6 Å². The molecule has 6 heteroatoms. The van der Waals surface area contributed by atoms with Crippen LogP contribution >= 0.6 is 0 Å². The first-order valence-corrected chi connectivity index (χ1v) is 12.5. The average molecular weight is 444 g/mol. The molecule has 1 N–H and O–H groups in total. The van der Waals surface area contributed by atoms with Crippen molar-refractivity contribution in [1.82, 2.24) is 10.2 Å². The molecule has 0 unspecified atom stereocenters. The lowest BCUT2D eigenvalue weighted by Crippen LogP contribution is -2.51. The molecule has 0 aromatic rings. The van der Waals surface area contributed by atoms with Crippen molar-refractivity contribution in [1.29, 1.82) is 0 Å². The van der Waals surface area contributed by atoms with E-state index in [2.05, 4.69) is 24.3 Å². The van der Waals surface area contributed by atoms with Crippen LogP contribution in [-0.4, -0.2) is 49.7 Å². The number of nitrogens with one attached hydrogen (secondary N) is 1. The average Bonchev–Trinajstić information content (AvgIpc) is 3.09. The van der Waals surface area contributed by atoms with E-state index in [1.165, 1.54) is 31.3 Å². The van der Waals surface area contributed by atoms with Crippen molar-refractivity contribution < 1.29 is 14.4 Å². The largest absolute Gasteiger partial charge is 0.433 e. The maximum absolute atomic E-state index is 12.0. The predicted octanol–water partition coefficient (Wildman–Crippen LogP) is 4.80. The molecule has 0 bridgehead atoms. The second kappa shape index (κ2) is 8.92. The lowest BCUT2D eigenvalue weighted by molar-refractivity contribution is -0.117. The van der Waals surface area contributed by atoms with Gasteiger partial charge in [0, 0.05) is 25.4 Å². The Kier molecular flexibility index (Phi) is 6.54. The molecule has 0 aromatic carbocycles. The Balaban J connectivity index is 1.43. The molecule has 6 atom stereocenters. The zero-order valence-corrected chi connectivity index (χ0v) is 20.6. The number of nitrogens with zero attached hydrogens (tertiary/aromatic N) is 2. The third kappa shape index (κ3) is 4.15. The Morgan fingerprint density at radius 2 is 1.94 bits per heavy atom. The number of carbonyl (C=O) groups is 2. The molecule has 4 aliphatic carbocycles. The van der Waals surface area contributed by atoms with Gasteiger partial charge in [-0.15, -0.1) is 0 Å². The van der Waals surface area contributed by atoms with E-state index in [1.54, 1.807) is 0 Å². The second-order valence-corrected chi connectivity index (χ2v) is 11.5. The fourth-order valence-electron chi connectivity index (χ4n) is 7.84. The van der Waals surface area contributed by atoms with Gasteiger partial charge in [0.2, 0.25) is 0 Å². The number of hydrogen-bond donors (Lipinski definition) is 1. The maximum atomic E-state index is 12.0. The Morgan fingerprint density at radius 1 is 1.16 bits per heavy atom. The minimum absolute atomic E-state index is 0.215. The number of rotatable bonds is 5. The highest BCUT2D eigenvalue weighted by molar-refractivity contribution is 5.91. The maximum Gasteiger partial charge on any atom is 0.433 e. The monoisotopic (exact) mass is 443 g/mol. The van der Waals surface area contributed by atoms with Crippen molar-refractivity contribution in [3.05, 3.63) is 11.6 Å². The number of fused-ring (bicyclic) bond motifs is 5. The molecule has 3 saturated carbocycles. The van der Waals surface area contributed by atoms with Crippen molar-refractivity contribution in [2.45, 2.75) is 72.1 Å². The molecule has 4 aliphatic rings. The van der Waals surface area contributed by atoms with Gasteiger partial charge in [0.1, 0.15) is 0 Å². The number of amides is 1. The molecule has 4 rings (SSSR count). The van der Waals surface area contributed by atoms with Crippen molar-refractivity contribution in [2.24, 2.45) is 39.7 Å². The predicted molar refractivity (Wildman–Crippen MR) is 126 cm³/mol. The molecule has 3 fully saturated rings. The van der Waals surface area contributed by atoms with Gasteiger partial charge in [-0.2, -0.15) is 0 Å². The van der Waals surface area contributed by atoms with Gasteiger partial charge < -0.3 is 10.2 Å². The Labute approximate surface area is 193 Å². The molecule has 32 heavy (non-hydrogen) atoms. The third-order valence-electron chi connectivity index (χ3n) is 9.57.